The largest absolute Gasteiger partial charge is 0.489 e. The fourth-order valence-electron chi connectivity index (χ4n) is 2.56. The molecule has 0 atom stereocenters. The number of hydrogen-bond acceptors (Lipinski definition) is 5. The highest BCUT2D eigenvalue weighted by Crippen LogP contribution is 2.28. The van der Waals surface area contributed by atoms with Gasteiger partial charge in [0.15, 0.2) is 11.5 Å². The van der Waals surface area contributed by atoms with Crippen LogP contribution in [0, 0.1) is 6.92 Å². The highest BCUT2D eigenvalue weighted by molar-refractivity contribution is 9.10. The molecule has 0 aliphatic heterocycles. The molecule has 0 N–H and O–H groups in total. The molecule has 0 saturated carbocycles. The Bertz CT molecular complexity index is 904. The number of oxazole rings is 1. The molecule has 0 fully saturated rings. The zero-order valence-electron chi connectivity index (χ0n) is 14.0. The fraction of sp³-hybridized carbons (Fsp3) is 0.263. The van der Waals surface area contributed by atoms with Crippen molar-refractivity contribution in [3.05, 3.63) is 57.9 Å². The van der Waals surface area contributed by atoms with Crippen LogP contribution >= 0.6 is 15.9 Å². The Labute approximate surface area is 154 Å². The third-order valence-corrected chi connectivity index (χ3v) is 4.21. The molecule has 6 heteroatoms. The van der Waals surface area contributed by atoms with E-state index in [1.54, 1.807) is 6.92 Å². The maximum atomic E-state index is 11.7. The first-order chi connectivity index (χ1) is 12.1. The fourth-order valence-corrected chi connectivity index (χ4v) is 3.14. The van der Waals surface area contributed by atoms with Gasteiger partial charge in [-0.25, -0.2) is 4.98 Å². The Hall–Kier alpha value is -2.34. The average molecular weight is 404 g/mol. The van der Waals surface area contributed by atoms with Crippen LogP contribution in [-0.4, -0.2) is 17.6 Å². The Kier molecular flexibility index (Phi) is 5.38. The summed E-state index contributed by atoms with van der Waals surface area (Å²) in [5.74, 6) is 1.03. The molecule has 0 amide bonds. The summed E-state index contributed by atoms with van der Waals surface area (Å²) in [5.41, 5.74) is 3.27. The third-order valence-electron chi connectivity index (χ3n) is 3.62. The average Bonchev–Trinajstić information content (AvgIpc) is 2.95. The van der Waals surface area contributed by atoms with Gasteiger partial charge in [0, 0.05) is 12.5 Å². The summed E-state index contributed by atoms with van der Waals surface area (Å²) in [5, 5.41) is 0. The van der Waals surface area contributed by atoms with Crippen molar-refractivity contribution >= 4 is 33.0 Å². The highest BCUT2D eigenvalue weighted by atomic mass is 79.9. The van der Waals surface area contributed by atoms with Crippen LogP contribution in [0.3, 0.4) is 0 Å². The van der Waals surface area contributed by atoms with E-state index in [1.165, 1.54) is 0 Å². The van der Waals surface area contributed by atoms with Crippen LogP contribution < -0.4 is 4.74 Å². The standard InChI is InChI=1S/C19H18BrNO4/c1-3-23-18(22)10-14-6-4-5-7-17(14)24-11-13-8-15(20)19-16(9-13)21-12(2)25-19/h4-9H,3,10-11H2,1-2H3. The van der Waals surface area contributed by atoms with Gasteiger partial charge in [0.25, 0.3) is 0 Å². The molecule has 0 spiro atoms. The maximum Gasteiger partial charge on any atom is 0.310 e. The quantitative estimate of drug-likeness (QED) is 0.563. The summed E-state index contributed by atoms with van der Waals surface area (Å²) in [6, 6.07) is 11.4. The van der Waals surface area contributed by atoms with Crippen LogP contribution in [0.15, 0.2) is 45.3 Å². The van der Waals surface area contributed by atoms with E-state index in [1.807, 2.05) is 43.3 Å². The van der Waals surface area contributed by atoms with Gasteiger partial charge in [-0.15, -0.1) is 0 Å². The SMILES string of the molecule is CCOC(=O)Cc1ccccc1OCc1cc(Br)c2oc(C)nc2c1. The molecule has 0 aliphatic carbocycles. The molecule has 130 valence electrons. The van der Waals surface area contributed by atoms with Crippen LogP contribution in [0.4, 0.5) is 0 Å². The lowest BCUT2D eigenvalue weighted by molar-refractivity contribution is -0.142. The number of esters is 1. The summed E-state index contributed by atoms with van der Waals surface area (Å²) in [6.07, 6.45) is 0.190. The van der Waals surface area contributed by atoms with Gasteiger partial charge in [0.05, 0.1) is 17.5 Å². The minimum Gasteiger partial charge on any atom is -0.489 e. The van der Waals surface area contributed by atoms with Crippen LogP contribution in [-0.2, 0) is 22.6 Å². The van der Waals surface area contributed by atoms with Crippen molar-refractivity contribution < 1.29 is 18.7 Å². The number of rotatable bonds is 6. The molecule has 2 aromatic carbocycles. The summed E-state index contributed by atoms with van der Waals surface area (Å²) in [6.45, 7) is 4.33. The van der Waals surface area contributed by atoms with Gasteiger partial charge in [-0.2, -0.15) is 0 Å². The van der Waals surface area contributed by atoms with Crippen molar-refractivity contribution in [1.82, 2.24) is 4.98 Å². The molecule has 0 saturated heterocycles. The van der Waals surface area contributed by atoms with E-state index in [2.05, 4.69) is 20.9 Å². The minimum atomic E-state index is -0.263. The molecule has 0 aliphatic rings. The first kappa shape index (κ1) is 17.5. The summed E-state index contributed by atoms with van der Waals surface area (Å²) in [7, 11) is 0. The summed E-state index contributed by atoms with van der Waals surface area (Å²) in [4.78, 5) is 16.1. The Balaban J connectivity index is 1.76. The molecule has 0 bridgehead atoms. The molecule has 0 unspecified atom stereocenters. The van der Waals surface area contributed by atoms with Gasteiger partial charge < -0.3 is 13.9 Å². The van der Waals surface area contributed by atoms with Crippen LogP contribution in [0.25, 0.3) is 11.1 Å². The lowest BCUT2D eigenvalue weighted by Gasteiger charge is -2.11. The minimum absolute atomic E-state index is 0.190. The zero-order chi connectivity index (χ0) is 17.8. The Morgan fingerprint density at radius 1 is 1.28 bits per heavy atom. The molecule has 25 heavy (non-hydrogen) atoms. The number of halogens is 1. The number of hydrogen-bond donors (Lipinski definition) is 0. The van der Waals surface area contributed by atoms with E-state index in [4.69, 9.17) is 13.9 Å². The normalized spacial score (nSPS) is 10.8. The van der Waals surface area contributed by atoms with E-state index in [9.17, 15) is 4.79 Å². The number of fused-ring (bicyclic) bond motifs is 1. The van der Waals surface area contributed by atoms with Crippen LogP contribution in [0.2, 0.25) is 0 Å². The lowest BCUT2D eigenvalue weighted by atomic mass is 10.1. The van der Waals surface area contributed by atoms with E-state index in [0.29, 0.717) is 24.9 Å². The lowest BCUT2D eigenvalue weighted by Crippen LogP contribution is -2.09. The van der Waals surface area contributed by atoms with Crippen molar-refractivity contribution in [2.24, 2.45) is 0 Å². The van der Waals surface area contributed by atoms with Gasteiger partial charge >= 0.3 is 5.97 Å². The number of aromatic nitrogens is 1. The smallest absolute Gasteiger partial charge is 0.310 e. The van der Waals surface area contributed by atoms with E-state index in [-0.39, 0.29) is 12.4 Å². The van der Waals surface area contributed by atoms with Crippen LogP contribution in [0.1, 0.15) is 23.9 Å². The van der Waals surface area contributed by atoms with Crippen molar-refractivity contribution in [3.63, 3.8) is 0 Å². The molecule has 3 aromatic rings. The molecular weight excluding hydrogens is 386 g/mol. The Morgan fingerprint density at radius 3 is 2.88 bits per heavy atom. The number of carbonyl (C=O) groups excluding carboxylic acids is 1. The second-order valence-electron chi connectivity index (χ2n) is 5.54. The van der Waals surface area contributed by atoms with Crippen molar-refractivity contribution in [1.29, 1.82) is 0 Å². The second kappa shape index (κ2) is 7.70. The number of aryl methyl sites for hydroxylation is 1. The first-order valence-corrected chi connectivity index (χ1v) is 8.78. The molecule has 1 heterocycles. The predicted molar refractivity (Wildman–Crippen MR) is 97.6 cm³/mol. The first-order valence-electron chi connectivity index (χ1n) is 7.98. The maximum absolute atomic E-state index is 11.7. The van der Waals surface area contributed by atoms with E-state index in [0.717, 1.165) is 26.7 Å². The molecule has 3 rings (SSSR count). The summed E-state index contributed by atoms with van der Waals surface area (Å²) < 4.78 is 17.3. The van der Waals surface area contributed by atoms with Crippen LogP contribution in [0.5, 0.6) is 5.75 Å². The van der Waals surface area contributed by atoms with Gasteiger partial charge in [0.2, 0.25) is 0 Å². The predicted octanol–water partition coefficient (Wildman–Crippen LogP) is 4.58. The van der Waals surface area contributed by atoms with Crippen molar-refractivity contribution in [3.8, 4) is 5.75 Å². The Morgan fingerprint density at radius 2 is 2.08 bits per heavy atom. The monoisotopic (exact) mass is 403 g/mol. The van der Waals surface area contributed by atoms with Gasteiger partial charge in [-0.3, -0.25) is 4.79 Å². The highest BCUT2D eigenvalue weighted by Gasteiger charge is 2.12. The zero-order valence-corrected chi connectivity index (χ0v) is 15.6. The number of ether oxygens (including phenoxy) is 2. The van der Waals surface area contributed by atoms with Gasteiger partial charge in [-0.1, -0.05) is 18.2 Å². The van der Waals surface area contributed by atoms with Crippen molar-refractivity contribution in [2.75, 3.05) is 6.61 Å². The third kappa shape index (κ3) is 4.20. The number of nitrogens with zero attached hydrogens (tertiary/aromatic N) is 1. The van der Waals surface area contributed by atoms with E-state index >= 15 is 0 Å². The number of benzene rings is 2. The molecule has 5 nitrogen and oxygen atoms in total. The topological polar surface area (TPSA) is 61.6 Å². The molecular formula is C19H18BrNO4. The molecule has 0 radical (unpaired) electrons. The van der Waals surface area contributed by atoms with E-state index < -0.39 is 0 Å². The molecule has 1 aromatic heterocycles. The number of para-hydroxylation sites is 1. The number of carbonyl (C=O) groups is 1. The van der Waals surface area contributed by atoms with Gasteiger partial charge in [0.1, 0.15) is 17.9 Å². The van der Waals surface area contributed by atoms with Crippen molar-refractivity contribution in [2.45, 2.75) is 26.9 Å². The second-order valence-corrected chi connectivity index (χ2v) is 6.39. The summed E-state index contributed by atoms with van der Waals surface area (Å²) >= 11 is 3.50. The van der Waals surface area contributed by atoms with Gasteiger partial charge in [-0.05, 0) is 46.6 Å².